The van der Waals surface area contributed by atoms with Crippen molar-refractivity contribution < 1.29 is 13.9 Å². The molecule has 0 saturated heterocycles. The second-order valence-electron chi connectivity index (χ2n) is 6.87. The molecule has 0 radical (unpaired) electrons. The number of rotatable bonds is 5. The number of hydrogen-bond donors (Lipinski definition) is 1. The molecule has 0 spiro atoms. The van der Waals surface area contributed by atoms with Gasteiger partial charge in [0.15, 0.2) is 17.0 Å². The van der Waals surface area contributed by atoms with E-state index in [1.54, 1.807) is 60.7 Å². The minimum absolute atomic E-state index is 0.0629. The number of carbonyl (C=O) groups excluding carboxylic acids is 1. The summed E-state index contributed by atoms with van der Waals surface area (Å²) in [4.78, 5) is 24.7. The number of benzene rings is 2. The first-order chi connectivity index (χ1) is 15.7. The lowest BCUT2D eigenvalue weighted by Crippen LogP contribution is -2.14. The highest BCUT2D eigenvalue weighted by Gasteiger charge is 2.12. The van der Waals surface area contributed by atoms with Crippen LogP contribution >= 0.6 is 0 Å². The van der Waals surface area contributed by atoms with Crippen LogP contribution < -0.4 is 15.5 Å². The van der Waals surface area contributed by atoms with Gasteiger partial charge in [-0.25, -0.2) is 0 Å². The summed E-state index contributed by atoms with van der Waals surface area (Å²) in [5.41, 5.74) is 0.606. The summed E-state index contributed by atoms with van der Waals surface area (Å²) < 4.78 is 13.1. The number of amides is 1. The Hall–Kier alpha value is -4.72. The summed E-state index contributed by atoms with van der Waals surface area (Å²) in [7, 11) is 0. The quantitative estimate of drug-likeness (QED) is 0.448. The van der Waals surface area contributed by atoms with Gasteiger partial charge in [0.05, 0.1) is 5.39 Å². The Morgan fingerprint density at radius 2 is 1.69 bits per heavy atom. The molecule has 5 aromatic rings. The van der Waals surface area contributed by atoms with E-state index in [0.29, 0.717) is 34.1 Å². The van der Waals surface area contributed by atoms with Gasteiger partial charge in [0.25, 0.3) is 5.91 Å². The van der Waals surface area contributed by atoms with Crippen LogP contribution in [0.3, 0.4) is 0 Å². The van der Waals surface area contributed by atoms with Crippen molar-refractivity contribution in [2.75, 3.05) is 5.32 Å². The van der Waals surface area contributed by atoms with Gasteiger partial charge in [0, 0.05) is 30.2 Å². The van der Waals surface area contributed by atoms with Crippen LogP contribution in [0.1, 0.15) is 10.6 Å². The first kappa shape index (κ1) is 19.3. The number of nitrogens with one attached hydrogen (secondary N) is 1. The van der Waals surface area contributed by atoms with Crippen LogP contribution in [0.25, 0.3) is 16.8 Å². The average molecular weight is 424 g/mol. The molecule has 156 valence electrons. The zero-order chi connectivity index (χ0) is 21.9. The molecule has 5 rings (SSSR count). The first-order valence-electron chi connectivity index (χ1n) is 9.75. The molecule has 2 aromatic carbocycles. The predicted molar refractivity (Wildman–Crippen MR) is 118 cm³/mol. The molecule has 8 heteroatoms. The van der Waals surface area contributed by atoms with E-state index in [-0.39, 0.29) is 11.2 Å². The van der Waals surface area contributed by atoms with Crippen molar-refractivity contribution in [3.8, 4) is 17.4 Å². The van der Waals surface area contributed by atoms with E-state index in [2.05, 4.69) is 15.5 Å². The Bertz CT molecular complexity index is 1440. The van der Waals surface area contributed by atoms with Gasteiger partial charge in [-0.05, 0) is 54.6 Å². The Labute approximate surface area is 181 Å². The number of anilines is 1. The van der Waals surface area contributed by atoms with Crippen LogP contribution in [0.15, 0.2) is 100 Å². The monoisotopic (exact) mass is 424 g/mol. The van der Waals surface area contributed by atoms with Gasteiger partial charge in [-0.1, -0.05) is 12.1 Å². The molecule has 1 N–H and O–H groups in total. The maximum atomic E-state index is 12.5. The normalized spacial score (nSPS) is 10.8. The fraction of sp³-hybridized carbons (Fsp3) is 0. The molecule has 0 aliphatic carbocycles. The molecule has 0 bridgehead atoms. The lowest BCUT2D eigenvalue weighted by atomic mass is 10.2. The van der Waals surface area contributed by atoms with Crippen LogP contribution in [-0.4, -0.2) is 20.7 Å². The average Bonchev–Trinajstić information content (AvgIpc) is 3.36. The molecular weight excluding hydrogens is 408 g/mol. The number of para-hydroxylation sites is 1. The lowest BCUT2D eigenvalue weighted by molar-refractivity contribution is 0.0997. The minimum Gasteiger partial charge on any atom is -0.451 e. The van der Waals surface area contributed by atoms with Gasteiger partial charge in [-0.15, -0.1) is 10.2 Å². The summed E-state index contributed by atoms with van der Waals surface area (Å²) in [6.07, 6.45) is 3.75. The van der Waals surface area contributed by atoms with Crippen LogP contribution in [-0.2, 0) is 0 Å². The fourth-order valence-corrected chi connectivity index (χ4v) is 3.13. The smallest absolute Gasteiger partial charge is 0.291 e. The van der Waals surface area contributed by atoms with E-state index in [0.717, 1.165) is 0 Å². The Balaban J connectivity index is 1.27. The van der Waals surface area contributed by atoms with E-state index < -0.39 is 5.91 Å². The topological polar surface area (TPSA) is 99.2 Å². The zero-order valence-electron chi connectivity index (χ0n) is 16.6. The number of carbonyl (C=O) groups is 1. The number of ether oxygens (including phenoxy) is 1. The molecule has 8 nitrogen and oxygen atoms in total. The fourth-order valence-electron chi connectivity index (χ4n) is 3.13. The largest absolute Gasteiger partial charge is 0.451 e. The summed E-state index contributed by atoms with van der Waals surface area (Å²) in [6, 6.07) is 22.0. The summed E-state index contributed by atoms with van der Waals surface area (Å²) in [6.45, 7) is 0. The van der Waals surface area contributed by atoms with E-state index in [1.165, 1.54) is 6.07 Å². The zero-order valence-corrected chi connectivity index (χ0v) is 16.6. The van der Waals surface area contributed by atoms with Gasteiger partial charge in [0.2, 0.25) is 5.88 Å². The van der Waals surface area contributed by atoms with Crippen molar-refractivity contribution in [1.29, 1.82) is 0 Å². The minimum atomic E-state index is -0.520. The van der Waals surface area contributed by atoms with Gasteiger partial charge in [-0.3, -0.25) is 9.59 Å². The molecule has 3 heterocycles. The number of aromatic nitrogens is 3. The van der Waals surface area contributed by atoms with E-state index in [4.69, 9.17) is 9.15 Å². The number of fused-ring (bicyclic) bond motifs is 1. The van der Waals surface area contributed by atoms with E-state index in [9.17, 15) is 9.59 Å². The van der Waals surface area contributed by atoms with Crippen LogP contribution in [0.4, 0.5) is 5.69 Å². The van der Waals surface area contributed by atoms with Crippen LogP contribution in [0.2, 0.25) is 0 Å². The highest BCUT2D eigenvalue weighted by atomic mass is 16.5. The van der Waals surface area contributed by atoms with Gasteiger partial charge in [0.1, 0.15) is 11.3 Å². The van der Waals surface area contributed by atoms with Crippen LogP contribution in [0.5, 0.6) is 11.6 Å². The summed E-state index contributed by atoms with van der Waals surface area (Å²) in [5.74, 6) is 0.972. The van der Waals surface area contributed by atoms with Crippen molar-refractivity contribution >= 4 is 22.6 Å². The number of hydrogen-bond acceptors (Lipinski definition) is 6. The Morgan fingerprint density at radius 3 is 2.44 bits per heavy atom. The van der Waals surface area contributed by atoms with Crippen molar-refractivity contribution in [3.05, 3.63) is 107 Å². The Kier molecular flexibility index (Phi) is 4.93. The van der Waals surface area contributed by atoms with Gasteiger partial charge >= 0.3 is 0 Å². The van der Waals surface area contributed by atoms with Crippen molar-refractivity contribution in [3.63, 3.8) is 0 Å². The first-order valence-corrected chi connectivity index (χ1v) is 9.75. The molecule has 0 atom stereocenters. The van der Waals surface area contributed by atoms with Crippen molar-refractivity contribution in [2.45, 2.75) is 0 Å². The molecule has 0 unspecified atom stereocenters. The SMILES string of the molecule is O=C(Nc1ccc(Oc2ccc(-n3cccc3)nn2)cc1)c1cc(=O)c2ccccc2o1. The van der Waals surface area contributed by atoms with Gasteiger partial charge < -0.3 is 19.0 Å². The molecular formula is C24H16N4O4. The molecule has 0 fully saturated rings. The third-order valence-corrected chi connectivity index (χ3v) is 4.69. The standard InChI is InChI=1S/C24H16N4O4/c29-19-15-21(32-20-6-2-1-5-18(19)20)24(30)25-16-7-9-17(10-8-16)31-23-12-11-22(26-27-23)28-13-3-4-14-28/h1-15H,(H,25,30). The highest BCUT2D eigenvalue weighted by Crippen LogP contribution is 2.22. The molecule has 0 saturated carbocycles. The lowest BCUT2D eigenvalue weighted by Gasteiger charge is -2.08. The van der Waals surface area contributed by atoms with Crippen LogP contribution in [0, 0.1) is 0 Å². The second-order valence-corrected chi connectivity index (χ2v) is 6.87. The maximum Gasteiger partial charge on any atom is 0.291 e. The van der Waals surface area contributed by atoms with Crippen molar-refractivity contribution in [1.82, 2.24) is 14.8 Å². The highest BCUT2D eigenvalue weighted by molar-refractivity contribution is 6.03. The number of nitrogens with zero attached hydrogens (tertiary/aromatic N) is 3. The summed E-state index contributed by atoms with van der Waals surface area (Å²) >= 11 is 0. The maximum absolute atomic E-state index is 12.5. The third-order valence-electron chi connectivity index (χ3n) is 4.69. The van der Waals surface area contributed by atoms with E-state index in [1.807, 2.05) is 29.1 Å². The predicted octanol–water partition coefficient (Wildman–Crippen LogP) is 4.42. The van der Waals surface area contributed by atoms with Gasteiger partial charge in [-0.2, -0.15) is 0 Å². The molecule has 0 aliphatic heterocycles. The third kappa shape index (κ3) is 3.97. The Morgan fingerprint density at radius 1 is 0.906 bits per heavy atom. The van der Waals surface area contributed by atoms with E-state index >= 15 is 0 Å². The molecule has 1 amide bonds. The molecule has 3 aromatic heterocycles. The van der Waals surface area contributed by atoms with Crippen molar-refractivity contribution in [2.24, 2.45) is 0 Å². The summed E-state index contributed by atoms with van der Waals surface area (Å²) in [5, 5.41) is 11.3. The second kappa shape index (κ2) is 8.19. The molecule has 0 aliphatic rings. The molecule has 32 heavy (non-hydrogen) atoms.